The van der Waals surface area contributed by atoms with E-state index in [4.69, 9.17) is 4.74 Å². The molecule has 0 unspecified atom stereocenters. The Morgan fingerprint density at radius 2 is 2.10 bits per heavy atom. The van der Waals surface area contributed by atoms with Gasteiger partial charge in [-0.2, -0.15) is 0 Å². The monoisotopic (exact) mass is 282 g/mol. The topological polar surface area (TPSA) is 50.4 Å². The highest BCUT2D eigenvalue weighted by Crippen LogP contribution is 2.33. The van der Waals surface area contributed by atoms with Gasteiger partial charge in [0.15, 0.2) is 0 Å². The number of carbonyl (C=O) groups is 1. The molecule has 0 bridgehead atoms. The van der Waals surface area contributed by atoms with E-state index >= 15 is 0 Å². The first kappa shape index (κ1) is 15.6. The molecule has 2 aliphatic rings. The summed E-state index contributed by atoms with van der Waals surface area (Å²) in [4.78, 5) is 12.1. The van der Waals surface area contributed by atoms with Crippen LogP contribution in [0.25, 0.3) is 0 Å². The van der Waals surface area contributed by atoms with Crippen LogP contribution in [0.5, 0.6) is 0 Å². The molecule has 4 heteroatoms. The van der Waals surface area contributed by atoms with E-state index in [9.17, 15) is 4.79 Å². The molecule has 0 spiro atoms. The average molecular weight is 282 g/mol. The highest BCUT2D eigenvalue weighted by atomic mass is 16.5. The van der Waals surface area contributed by atoms with E-state index in [1.54, 1.807) is 0 Å². The van der Waals surface area contributed by atoms with E-state index in [-0.39, 0.29) is 12.1 Å². The number of amides is 2. The number of nitrogens with one attached hydrogen (secondary N) is 2. The number of hydrogen-bond acceptors (Lipinski definition) is 2. The van der Waals surface area contributed by atoms with Crippen molar-refractivity contribution in [1.82, 2.24) is 10.6 Å². The maximum atomic E-state index is 12.1. The summed E-state index contributed by atoms with van der Waals surface area (Å²) < 4.78 is 5.53. The Labute approximate surface area is 123 Å². The minimum Gasteiger partial charge on any atom is -0.376 e. The number of rotatable bonds is 4. The van der Waals surface area contributed by atoms with Gasteiger partial charge in [0.1, 0.15) is 0 Å². The predicted molar refractivity (Wildman–Crippen MR) is 80.6 cm³/mol. The Hall–Kier alpha value is -0.770. The van der Waals surface area contributed by atoms with Crippen molar-refractivity contribution >= 4 is 6.03 Å². The fourth-order valence-corrected chi connectivity index (χ4v) is 3.60. The zero-order chi connectivity index (χ0) is 14.5. The van der Waals surface area contributed by atoms with Gasteiger partial charge in [-0.05, 0) is 43.4 Å². The van der Waals surface area contributed by atoms with Crippen LogP contribution in [-0.2, 0) is 4.74 Å². The van der Waals surface area contributed by atoms with Crippen molar-refractivity contribution in [2.24, 2.45) is 17.8 Å². The maximum absolute atomic E-state index is 12.1. The van der Waals surface area contributed by atoms with Crippen LogP contribution in [0.2, 0.25) is 0 Å². The molecule has 1 aliphatic carbocycles. The van der Waals surface area contributed by atoms with Gasteiger partial charge < -0.3 is 15.4 Å². The summed E-state index contributed by atoms with van der Waals surface area (Å²) in [5.41, 5.74) is 0. The Balaban J connectivity index is 1.77. The van der Waals surface area contributed by atoms with E-state index in [1.807, 2.05) is 0 Å². The lowest BCUT2D eigenvalue weighted by atomic mass is 9.74. The molecule has 0 radical (unpaired) electrons. The molecule has 2 amide bonds. The van der Waals surface area contributed by atoms with Gasteiger partial charge in [-0.1, -0.05) is 27.2 Å². The quantitative estimate of drug-likeness (QED) is 0.833. The van der Waals surface area contributed by atoms with Crippen molar-refractivity contribution < 1.29 is 9.53 Å². The summed E-state index contributed by atoms with van der Waals surface area (Å²) in [6, 6.07) is 0.300. The van der Waals surface area contributed by atoms with E-state index in [1.165, 1.54) is 12.8 Å². The Morgan fingerprint density at radius 3 is 2.75 bits per heavy atom. The molecular formula is C16H30N2O2. The van der Waals surface area contributed by atoms with Crippen molar-refractivity contribution in [2.75, 3.05) is 13.2 Å². The second kappa shape index (κ2) is 7.30. The molecule has 2 fully saturated rings. The number of carbonyl (C=O) groups excluding carboxylic acids is 1. The summed E-state index contributed by atoms with van der Waals surface area (Å²) in [6.07, 6.45) is 6.02. The number of hydrogen-bond donors (Lipinski definition) is 2. The van der Waals surface area contributed by atoms with Crippen LogP contribution in [0.15, 0.2) is 0 Å². The van der Waals surface area contributed by atoms with Crippen LogP contribution in [0, 0.1) is 17.8 Å². The Bertz CT molecular complexity index is 314. The maximum Gasteiger partial charge on any atom is 0.315 e. The van der Waals surface area contributed by atoms with Gasteiger partial charge in [0, 0.05) is 19.2 Å². The van der Waals surface area contributed by atoms with Crippen molar-refractivity contribution in [2.45, 2.75) is 65.0 Å². The van der Waals surface area contributed by atoms with Gasteiger partial charge in [-0.15, -0.1) is 0 Å². The summed E-state index contributed by atoms with van der Waals surface area (Å²) in [5.74, 6) is 1.96. The second-order valence-electron chi connectivity index (χ2n) is 6.92. The highest BCUT2D eigenvalue weighted by Gasteiger charge is 2.31. The van der Waals surface area contributed by atoms with Gasteiger partial charge in [-0.3, -0.25) is 0 Å². The smallest absolute Gasteiger partial charge is 0.315 e. The molecular weight excluding hydrogens is 252 g/mol. The molecule has 0 aromatic carbocycles. The third-order valence-corrected chi connectivity index (χ3v) is 4.85. The first-order valence-electron chi connectivity index (χ1n) is 8.22. The van der Waals surface area contributed by atoms with E-state index in [2.05, 4.69) is 31.4 Å². The molecule has 1 heterocycles. The van der Waals surface area contributed by atoms with Crippen molar-refractivity contribution in [3.63, 3.8) is 0 Å². The van der Waals surface area contributed by atoms with Crippen LogP contribution < -0.4 is 10.6 Å². The molecule has 4 nitrogen and oxygen atoms in total. The van der Waals surface area contributed by atoms with Crippen molar-refractivity contribution in [3.05, 3.63) is 0 Å². The molecule has 1 saturated carbocycles. The second-order valence-corrected chi connectivity index (χ2v) is 6.92. The predicted octanol–water partition coefficient (Wildman–Crippen LogP) is 2.93. The molecule has 2 N–H and O–H groups in total. The lowest BCUT2D eigenvalue weighted by molar-refractivity contribution is 0.110. The van der Waals surface area contributed by atoms with Gasteiger partial charge in [0.25, 0.3) is 0 Å². The normalized spacial score (nSPS) is 34.2. The number of urea groups is 1. The van der Waals surface area contributed by atoms with Crippen molar-refractivity contribution in [3.8, 4) is 0 Å². The fourth-order valence-electron chi connectivity index (χ4n) is 3.60. The molecule has 1 saturated heterocycles. The van der Waals surface area contributed by atoms with Crippen LogP contribution in [0.1, 0.15) is 52.9 Å². The van der Waals surface area contributed by atoms with Gasteiger partial charge in [-0.25, -0.2) is 4.79 Å². The fraction of sp³-hybridized carbons (Fsp3) is 0.938. The Morgan fingerprint density at radius 1 is 1.30 bits per heavy atom. The van der Waals surface area contributed by atoms with Crippen LogP contribution >= 0.6 is 0 Å². The van der Waals surface area contributed by atoms with Crippen LogP contribution in [-0.4, -0.2) is 31.3 Å². The zero-order valence-corrected chi connectivity index (χ0v) is 13.2. The summed E-state index contributed by atoms with van der Waals surface area (Å²) >= 11 is 0. The van der Waals surface area contributed by atoms with Crippen molar-refractivity contribution in [1.29, 1.82) is 0 Å². The zero-order valence-electron chi connectivity index (χ0n) is 13.2. The van der Waals surface area contributed by atoms with Crippen LogP contribution in [0.4, 0.5) is 4.79 Å². The van der Waals surface area contributed by atoms with E-state index in [0.29, 0.717) is 30.3 Å². The minimum atomic E-state index is -0.0229. The SMILES string of the molecule is CC(C)[C@H]1CC[C@@H](C)C[C@@H]1NC(=O)NC[C@H]1CCCO1. The third-order valence-electron chi connectivity index (χ3n) is 4.85. The Kier molecular flexibility index (Phi) is 5.70. The summed E-state index contributed by atoms with van der Waals surface area (Å²) in [7, 11) is 0. The van der Waals surface area contributed by atoms with Gasteiger partial charge >= 0.3 is 6.03 Å². The minimum absolute atomic E-state index is 0.0229. The number of ether oxygens (including phenoxy) is 1. The summed E-state index contributed by atoms with van der Waals surface area (Å²) in [5, 5.41) is 6.17. The largest absolute Gasteiger partial charge is 0.376 e. The van der Waals surface area contributed by atoms with Gasteiger partial charge in [0.05, 0.1) is 6.10 Å². The van der Waals surface area contributed by atoms with Gasteiger partial charge in [0.2, 0.25) is 0 Å². The standard InChI is InChI=1S/C16H30N2O2/c1-11(2)14-7-6-12(3)9-15(14)18-16(19)17-10-13-5-4-8-20-13/h11-15H,4-10H2,1-3H3,(H2,17,18,19)/t12-,13-,14-,15+/m1/s1. The first-order valence-corrected chi connectivity index (χ1v) is 8.22. The molecule has 1 aliphatic heterocycles. The molecule has 116 valence electrons. The lowest BCUT2D eigenvalue weighted by Crippen LogP contribution is -2.50. The lowest BCUT2D eigenvalue weighted by Gasteiger charge is -2.37. The summed E-state index contributed by atoms with van der Waals surface area (Å²) in [6.45, 7) is 8.29. The molecule has 2 rings (SSSR count). The molecule has 0 aromatic rings. The third kappa shape index (κ3) is 4.37. The molecule has 0 aromatic heterocycles. The van der Waals surface area contributed by atoms with E-state index in [0.717, 1.165) is 25.9 Å². The highest BCUT2D eigenvalue weighted by molar-refractivity contribution is 5.74. The van der Waals surface area contributed by atoms with Crippen LogP contribution in [0.3, 0.4) is 0 Å². The molecule has 20 heavy (non-hydrogen) atoms. The molecule has 4 atom stereocenters. The van der Waals surface area contributed by atoms with E-state index < -0.39 is 0 Å². The average Bonchev–Trinajstić information content (AvgIpc) is 2.89. The first-order chi connectivity index (χ1) is 9.56.